The molecule has 0 unspecified atom stereocenters. The molecule has 0 aromatic heterocycles. The number of aliphatic hydroxyl groups is 1. The number of rotatable bonds is 10. The van der Waals surface area contributed by atoms with Gasteiger partial charge in [0.1, 0.15) is 6.61 Å². The summed E-state index contributed by atoms with van der Waals surface area (Å²) in [5, 5.41) is 8.40. The van der Waals surface area contributed by atoms with Crippen molar-refractivity contribution in [1.82, 2.24) is 0 Å². The normalized spacial score (nSPS) is 8.53. The zero-order valence-electron chi connectivity index (χ0n) is 12.1. The molecule has 0 bridgehead atoms. The minimum Gasteiger partial charge on any atom is -0.463 e. The van der Waals surface area contributed by atoms with Gasteiger partial charge < -0.3 is 19.3 Å². The van der Waals surface area contributed by atoms with E-state index in [2.05, 4.69) is 26.3 Å². The molecule has 5 nitrogen and oxygen atoms in total. The van der Waals surface area contributed by atoms with E-state index >= 15 is 0 Å². The quantitative estimate of drug-likeness (QED) is 0.375. The lowest BCUT2D eigenvalue weighted by Gasteiger charge is -2.05. The van der Waals surface area contributed by atoms with Crippen molar-refractivity contribution < 1.29 is 24.1 Å². The molecule has 0 aliphatic carbocycles. The van der Waals surface area contributed by atoms with Gasteiger partial charge in [-0.3, -0.25) is 4.79 Å². The molecular formula is C14H28O5. The highest BCUT2D eigenvalue weighted by Crippen LogP contribution is 1.90. The first kappa shape index (κ1) is 23.0. The fourth-order valence-electron chi connectivity index (χ4n) is 0.877. The summed E-state index contributed by atoms with van der Waals surface area (Å²) in [6, 6.07) is 0. The van der Waals surface area contributed by atoms with Crippen LogP contribution in [0.4, 0.5) is 0 Å². The third-order valence-electron chi connectivity index (χ3n) is 1.55. The van der Waals surface area contributed by atoms with Crippen molar-refractivity contribution in [2.24, 2.45) is 0 Å². The lowest BCUT2D eigenvalue weighted by molar-refractivity contribution is -0.145. The van der Waals surface area contributed by atoms with E-state index in [1.807, 2.05) is 6.92 Å². The van der Waals surface area contributed by atoms with Gasteiger partial charge in [-0.15, -0.1) is 26.3 Å². The van der Waals surface area contributed by atoms with Gasteiger partial charge in [-0.25, -0.2) is 0 Å². The third-order valence-corrected chi connectivity index (χ3v) is 1.55. The van der Waals surface area contributed by atoms with Crippen molar-refractivity contribution in [3.05, 3.63) is 26.3 Å². The molecule has 1 N–H and O–H groups in total. The van der Waals surface area contributed by atoms with Gasteiger partial charge in [-0.1, -0.05) is 6.92 Å². The molecule has 0 saturated heterocycles. The highest BCUT2D eigenvalue weighted by Gasteiger charge is 1.99. The van der Waals surface area contributed by atoms with Gasteiger partial charge in [0.15, 0.2) is 0 Å². The summed E-state index contributed by atoms with van der Waals surface area (Å²) in [6.45, 7) is 15.9. The maximum absolute atomic E-state index is 10.9. The zero-order chi connectivity index (χ0) is 15.4. The molecule has 0 saturated carbocycles. The molecule has 114 valence electrons. The van der Waals surface area contributed by atoms with E-state index in [4.69, 9.17) is 19.3 Å². The van der Waals surface area contributed by atoms with Gasteiger partial charge in [0.25, 0.3) is 0 Å². The van der Waals surface area contributed by atoms with Gasteiger partial charge in [0.05, 0.1) is 33.0 Å². The topological polar surface area (TPSA) is 65.0 Å². The van der Waals surface area contributed by atoms with Crippen LogP contribution >= 0.6 is 0 Å². The molecule has 19 heavy (non-hydrogen) atoms. The average Bonchev–Trinajstić information content (AvgIpc) is 2.46. The van der Waals surface area contributed by atoms with E-state index in [0.717, 1.165) is 6.42 Å². The van der Waals surface area contributed by atoms with E-state index < -0.39 is 0 Å². The number of hydrogen-bond acceptors (Lipinski definition) is 5. The second-order valence-electron chi connectivity index (χ2n) is 2.92. The molecule has 0 heterocycles. The van der Waals surface area contributed by atoms with Crippen LogP contribution < -0.4 is 0 Å². The Hall–Kier alpha value is -1.17. The Morgan fingerprint density at radius 3 is 1.89 bits per heavy atom. The van der Waals surface area contributed by atoms with Gasteiger partial charge in [-0.05, 0) is 6.42 Å². The second kappa shape index (κ2) is 25.6. The van der Waals surface area contributed by atoms with Crippen LogP contribution in [0.15, 0.2) is 26.3 Å². The van der Waals surface area contributed by atoms with Crippen LogP contribution in [0.1, 0.15) is 19.8 Å². The Morgan fingerprint density at radius 2 is 1.42 bits per heavy atom. The maximum Gasteiger partial charge on any atom is 0.305 e. The molecule has 5 heteroatoms. The fourth-order valence-corrected chi connectivity index (χ4v) is 0.877. The summed E-state index contributed by atoms with van der Waals surface area (Å²) in [5.74, 6) is -0.183. The number of aliphatic hydroxyl groups excluding tert-OH is 1. The molecule has 0 radical (unpaired) electrons. The number of esters is 1. The first-order valence-corrected chi connectivity index (χ1v) is 6.23. The largest absolute Gasteiger partial charge is 0.463 e. The number of ether oxygens (including phenoxy) is 3. The summed E-state index contributed by atoms with van der Waals surface area (Å²) in [4.78, 5) is 10.9. The predicted molar refractivity (Wildman–Crippen MR) is 77.1 cm³/mol. The Morgan fingerprint density at radius 1 is 0.947 bits per heavy atom. The van der Waals surface area contributed by atoms with E-state index in [1.165, 1.54) is 0 Å². The SMILES string of the molecule is C=C.C=C.CCCC(=O)OCCOCCOCCO. The van der Waals surface area contributed by atoms with E-state index in [-0.39, 0.29) is 12.6 Å². The minimum atomic E-state index is -0.183. The lowest BCUT2D eigenvalue weighted by atomic mass is 10.3. The Bertz CT molecular complexity index is 171. The van der Waals surface area contributed by atoms with Gasteiger partial charge in [0, 0.05) is 6.42 Å². The van der Waals surface area contributed by atoms with Crippen LogP contribution in [0, 0.1) is 0 Å². The number of carbonyl (C=O) groups is 1. The van der Waals surface area contributed by atoms with Gasteiger partial charge in [-0.2, -0.15) is 0 Å². The molecule has 0 aromatic carbocycles. The summed E-state index contributed by atoms with van der Waals surface area (Å²) in [6.07, 6.45) is 1.26. The average molecular weight is 276 g/mol. The molecule has 0 amide bonds. The van der Waals surface area contributed by atoms with Crippen LogP contribution in [0.3, 0.4) is 0 Å². The standard InChI is InChI=1S/C10H20O5.2C2H4/c1-2-3-10(12)15-9-8-14-7-6-13-5-4-11;2*1-2/h11H,2-9H2,1H3;2*1-2H2. The Balaban J connectivity index is -0.000000579. The lowest BCUT2D eigenvalue weighted by Crippen LogP contribution is -2.13. The van der Waals surface area contributed by atoms with Crippen LogP contribution in [-0.2, 0) is 19.0 Å². The van der Waals surface area contributed by atoms with Crippen molar-refractivity contribution >= 4 is 5.97 Å². The number of hydrogen-bond donors (Lipinski definition) is 1. The first-order valence-electron chi connectivity index (χ1n) is 6.23. The van der Waals surface area contributed by atoms with Crippen LogP contribution in [0.5, 0.6) is 0 Å². The second-order valence-corrected chi connectivity index (χ2v) is 2.92. The minimum absolute atomic E-state index is 0.0225. The molecule has 0 aliphatic heterocycles. The van der Waals surface area contributed by atoms with E-state index in [9.17, 15) is 4.79 Å². The summed E-state index contributed by atoms with van der Waals surface area (Å²) >= 11 is 0. The third kappa shape index (κ3) is 26.4. The summed E-state index contributed by atoms with van der Waals surface area (Å²) < 4.78 is 15.0. The van der Waals surface area contributed by atoms with Crippen molar-refractivity contribution in [2.45, 2.75) is 19.8 Å². The molecule has 0 aliphatic rings. The van der Waals surface area contributed by atoms with Crippen LogP contribution in [-0.4, -0.2) is 50.7 Å². The van der Waals surface area contributed by atoms with Crippen molar-refractivity contribution in [3.63, 3.8) is 0 Å². The van der Waals surface area contributed by atoms with E-state index in [0.29, 0.717) is 39.5 Å². The molecule has 0 rings (SSSR count). The molecule has 0 fully saturated rings. The molecule has 0 spiro atoms. The predicted octanol–water partition coefficient (Wildman–Crippen LogP) is 1.96. The van der Waals surface area contributed by atoms with Crippen LogP contribution in [0.2, 0.25) is 0 Å². The first-order chi connectivity index (χ1) is 9.31. The monoisotopic (exact) mass is 276 g/mol. The highest BCUT2D eigenvalue weighted by atomic mass is 16.6. The summed E-state index contributed by atoms with van der Waals surface area (Å²) in [5.41, 5.74) is 0. The zero-order valence-corrected chi connectivity index (χ0v) is 12.1. The van der Waals surface area contributed by atoms with Gasteiger partial charge in [0.2, 0.25) is 0 Å². The number of carbonyl (C=O) groups excluding carboxylic acids is 1. The van der Waals surface area contributed by atoms with Crippen molar-refractivity contribution in [3.8, 4) is 0 Å². The van der Waals surface area contributed by atoms with Gasteiger partial charge >= 0.3 is 5.97 Å². The smallest absolute Gasteiger partial charge is 0.305 e. The van der Waals surface area contributed by atoms with E-state index in [1.54, 1.807) is 0 Å². The van der Waals surface area contributed by atoms with Crippen LogP contribution in [0.25, 0.3) is 0 Å². The molecular weight excluding hydrogens is 248 g/mol. The Kier molecular flexibility index (Phi) is 31.0. The van der Waals surface area contributed by atoms with Crippen molar-refractivity contribution in [2.75, 3.05) is 39.6 Å². The highest BCUT2D eigenvalue weighted by molar-refractivity contribution is 5.69. The summed E-state index contributed by atoms with van der Waals surface area (Å²) in [7, 11) is 0. The van der Waals surface area contributed by atoms with Crippen molar-refractivity contribution in [1.29, 1.82) is 0 Å². The fraction of sp³-hybridized carbons (Fsp3) is 0.643. The molecule has 0 atom stereocenters. The Labute approximate surface area is 116 Å². The molecule has 0 aromatic rings. The maximum atomic E-state index is 10.9.